The molecule has 0 N–H and O–H groups in total. The van der Waals surface area contributed by atoms with Crippen LogP contribution in [0.15, 0.2) is 28.2 Å². The number of rotatable bonds is 1. The predicted molar refractivity (Wildman–Crippen MR) is 53.8 cm³/mol. The summed E-state index contributed by atoms with van der Waals surface area (Å²) >= 11 is 2.41. The van der Waals surface area contributed by atoms with Crippen molar-refractivity contribution in [2.75, 3.05) is 6.26 Å². The van der Waals surface area contributed by atoms with E-state index in [9.17, 15) is 0 Å². The van der Waals surface area contributed by atoms with E-state index in [1.54, 1.807) is 0 Å². The Morgan fingerprint density at radius 3 is 2.75 bits per heavy atom. The van der Waals surface area contributed by atoms with Crippen LogP contribution in [0.3, 0.4) is 0 Å². The molecule has 0 unspecified atom stereocenters. The number of thioether (sulfide) groups is 1. The second-order valence-electron chi connectivity index (χ2n) is 2.60. The van der Waals surface area contributed by atoms with Gasteiger partial charge in [-0.05, 0) is 0 Å². The SMILES string of the molecule is CSc1[se]c2ccccc2[n+]1C. The molecule has 12 heavy (non-hydrogen) atoms. The molecule has 0 amide bonds. The summed E-state index contributed by atoms with van der Waals surface area (Å²) in [6, 6.07) is 8.65. The summed E-state index contributed by atoms with van der Waals surface area (Å²) in [6.45, 7) is 0. The van der Waals surface area contributed by atoms with Crippen LogP contribution in [0, 0.1) is 0 Å². The van der Waals surface area contributed by atoms with Gasteiger partial charge < -0.3 is 0 Å². The fraction of sp³-hybridized carbons (Fsp3) is 0.222. The Hall–Kier alpha value is -0.241. The molecule has 0 fully saturated rings. The molecule has 0 aliphatic rings. The average Bonchev–Trinajstić information content (AvgIpc) is 2.44. The number of benzene rings is 1. The van der Waals surface area contributed by atoms with Crippen LogP contribution in [0.1, 0.15) is 0 Å². The molecule has 0 bridgehead atoms. The molecule has 0 spiro atoms. The molecule has 2 aromatic rings. The summed E-state index contributed by atoms with van der Waals surface area (Å²) in [5, 5.41) is 0. The number of fused-ring (bicyclic) bond motifs is 1. The quantitative estimate of drug-likeness (QED) is 0.416. The van der Waals surface area contributed by atoms with E-state index in [1.807, 2.05) is 11.8 Å². The fourth-order valence-electron chi connectivity index (χ4n) is 1.26. The van der Waals surface area contributed by atoms with Crippen molar-refractivity contribution in [3.05, 3.63) is 24.3 Å². The molecule has 0 saturated carbocycles. The molecule has 0 atom stereocenters. The van der Waals surface area contributed by atoms with Gasteiger partial charge in [0.05, 0.1) is 0 Å². The third kappa shape index (κ3) is 1.22. The molecular weight excluding hydrogens is 233 g/mol. The molecular formula is C9H10NSSe+. The van der Waals surface area contributed by atoms with Gasteiger partial charge in [-0.3, -0.25) is 0 Å². The topological polar surface area (TPSA) is 3.88 Å². The van der Waals surface area contributed by atoms with Crippen molar-refractivity contribution >= 4 is 36.0 Å². The van der Waals surface area contributed by atoms with Crippen LogP contribution in [0.4, 0.5) is 0 Å². The molecule has 0 aliphatic carbocycles. The Bertz CT molecular complexity index is 408. The molecule has 2 rings (SSSR count). The van der Waals surface area contributed by atoms with Gasteiger partial charge in [0, 0.05) is 0 Å². The Kier molecular flexibility index (Phi) is 2.26. The standard InChI is InChI=1S/C9H10NSSe/c1-10-7-5-3-4-6-8(7)12-9(10)11-2/h3-6H,1-2H3/q+1. The number of para-hydroxylation sites is 1. The third-order valence-corrected chi connectivity index (χ3v) is 6.10. The molecule has 1 heterocycles. The average molecular weight is 243 g/mol. The second kappa shape index (κ2) is 3.25. The van der Waals surface area contributed by atoms with Crippen molar-refractivity contribution in [2.24, 2.45) is 7.05 Å². The summed E-state index contributed by atoms with van der Waals surface area (Å²) in [4.78, 5) is 0. The van der Waals surface area contributed by atoms with Gasteiger partial charge in [0.2, 0.25) is 0 Å². The Morgan fingerprint density at radius 2 is 2.08 bits per heavy atom. The van der Waals surface area contributed by atoms with Crippen molar-refractivity contribution in [2.45, 2.75) is 3.90 Å². The van der Waals surface area contributed by atoms with Gasteiger partial charge in [-0.1, -0.05) is 0 Å². The third-order valence-electron chi connectivity index (χ3n) is 1.87. The maximum absolute atomic E-state index is 2.31. The number of aryl methyl sites for hydroxylation is 1. The predicted octanol–water partition coefficient (Wildman–Crippen LogP) is 1.44. The van der Waals surface area contributed by atoms with E-state index in [-0.39, 0.29) is 0 Å². The maximum atomic E-state index is 2.31. The van der Waals surface area contributed by atoms with Crippen molar-refractivity contribution in [3.8, 4) is 0 Å². The number of hydrogen-bond acceptors (Lipinski definition) is 1. The van der Waals surface area contributed by atoms with Crippen molar-refractivity contribution in [1.82, 2.24) is 0 Å². The Balaban J connectivity index is 2.78. The van der Waals surface area contributed by atoms with Crippen molar-refractivity contribution in [3.63, 3.8) is 0 Å². The minimum absolute atomic E-state index is 0.546. The number of hydrogen-bond donors (Lipinski definition) is 0. The molecule has 3 heteroatoms. The molecule has 0 aliphatic heterocycles. The number of aromatic nitrogens is 1. The first kappa shape index (κ1) is 8.36. The summed E-state index contributed by atoms with van der Waals surface area (Å²) in [5.74, 6) is 0. The fourth-order valence-corrected chi connectivity index (χ4v) is 4.55. The van der Waals surface area contributed by atoms with Gasteiger partial charge in [-0.15, -0.1) is 0 Å². The summed E-state index contributed by atoms with van der Waals surface area (Å²) < 4.78 is 5.32. The zero-order valence-electron chi connectivity index (χ0n) is 7.07. The van der Waals surface area contributed by atoms with Gasteiger partial charge in [-0.25, -0.2) is 0 Å². The Morgan fingerprint density at radius 1 is 1.33 bits per heavy atom. The van der Waals surface area contributed by atoms with E-state index in [1.165, 1.54) is 13.7 Å². The first-order chi connectivity index (χ1) is 5.83. The minimum atomic E-state index is 0.546. The summed E-state index contributed by atoms with van der Waals surface area (Å²) in [6.07, 6.45) is 2.15. The summed E-state index contributed by atoms with van der Waals surface area (Å²) in [5.41, 5.74) is 1.39. The van der Waals surface area contributed by atoms with Crippen LogP contribution in [-0.4, -0.2) is 20.8 Å². The van der Waals surface area contributed by atoms with E-state index >= 15 is 0 Å². The zero-order valence-corrected chi connectivity index (χ0v) is 9.60. The summed E-state index contributed by atoms with van der Waals surface area (Å²) in [7, 11) is 2.15. The monoisotopic (exact) mass is 244 g/mol. The van der Waals surface area contributed by atoms with Gasteiger partial charge in [0.1, 0.15) is 0 Å². The zero-order chi connectivity index (χ0) is 8.55. The number of nitrogens with zero attached hydrogens (tertiary/aromatic N) is 1. The molecule has 0 radical (unpaired) electrons. The van der Waals surface area contributed by atoms with Crippen molar-refractivity contribution in [1.29, 1.82) is 0 Å². The van der Waals surface area contributed by atoms with Gasteiger partial charge >= 0.3 is 82.1 Å². The normalized spacial score (nSPS) is 10.8. The van der Waals surface area contributed by atoms with Crippen LogP contribution < -0.4 is 4.57 Å². The van der Waals surface area contributed by atoms with Crippen LogP contribution in [0.5, 0.6) is 0 Å². The molecule has 62 valence electrons. The van der Waals surface area contributed by atoms with Crippen LogP contribution in [0.2, 0.25) is 0 Å². The van der Waals surface area contributed by atoms with E-state index in [0.29, 0.717) is 14.5 Å². The van der Waals surface area contributed by atoms with Gasteiger partial charge in [0.15, 0.2) is 0 Å². The van der Waals surface area contributed by atoms with Crippen molar-refractivity contribution < 1.29 is 4.57 Å². The van der Waals surface area contributed by atoms with Crippen LogP contribution >= 0.6 is 11.8 Å². The van der Waals surface area contributed by atoms with E-state index in [2.05, 4.69) is 42.1 Å². The Labute approximate surface area is 82.2 Å². The van der Waals surface area contributed by atoms with Crippen LogP contribution in [0.25, 0.3) is 9.78 Å². The first-order valence-electron chi connectivity index (χ1n) is 3.74. The molecule has 0 saturated heterocycles. The van der Waals surface area contributed by atoms with E-state index in [4.69, 9.17) is 0 Å². The van der Waals surface area contributed by atoms with E-state index in [0.717, 1.165) is 0 Å². The van der Waals surface area contributed by atoms with Gasteiger partial charge in [-0.2, -0.15) is 0 Å². The molecule has 1 nitrogen and oxygen atoms in total. The van der Waals surface area contributed by atoms with E-state index < -0.39 is 0 Å². The second-order valence-corrected chi connectivity index (χ2v) is 6.14. The molecule has 1 aromatic carbocycles. The molecule has 1 aromatic heterocycles. The van der Waals surface area contributed by atoms with Crippen LogP contribution in [-0.2, 0) is 7.05 Å². The first-order valence-corrected chi connectivity index (χ1v) is 6.68. The van der Waals surface area contributed by atoms with Gasteiger partial charge in [0.25, 0.3) is 0 Å².